The van der Waals surface area contributed by atoms with Crippen LogP contribution in [0.1, 0.15) is 17.5 Å². The van der Waals surface area contributed by atoms with E-state index in [1.54, 1.807) is 31.0 Å². The van der Waals surface area contributed by atoms with Crippen LogP contribution in [0, 0.1) is 0 Å². The normalized spacial score (nSPS) is 12.0. The van der Waals surface area contributed by atoms with Crippen LogP contribution >= 0.6 is 23.1 Å². The van der Waals surface area contributed by atoms with Gasteiger partial charge in [0, 0.05) is 17.7 Å². The second-order valence-electron chi connectivity index (χ2n) is 6.50. The summed E-state index contributed by atoms with van der Waals surface area (Å²) < 4.78 is 19.8. The number of hydrogen-bond donors (Lipinski definition) is 0. The van der Waals surface area contributed by atoms with Crippen LogP contribution < -0.4 is 14.3 Å². The highest BCUT2D eigenvalue weighted by Gasteiger charge is 2.16. The summed E-state index contributed by atoms with van der Waals surface area (Å²) in [5, 5.41) is 0.806. The number of para-hydroxylation sites is 1. The van der Waals surface area contributed by atoms with Crippen molar-refractivity contribution in [1.82, 2.24) is 4.57 Å². The number of benzene rings is 2. The molecule has 4 rings (SSSR count). The molecule has 0 bridgehead atoms. The van der Waals surface area contributed by atoms with Crippen LogP contribution in [-0.2, 0) is 6.54 Å². The van der Waals surface area contributed by atoms with E-state index in [4.69, 9.17) is 13.9 Å². The number of aryl methyl sites for hydroxylation is 1. The summed E-state index contributed by atoms with van der Waals surface area (Å²) in [6.07, 6.45) is 2.06. The zero-order valence-corrected chi connectivity index (χ0v) is 18.6. The third kappa shape index (κ3) is 3.97. The average molecular weight is 443 g/mol. The molecule has 2 heterocycles. The highest BCUT2D eigenvalue weighted by molar-refractivity contribution is 7.98. The van der Waals surface area contributed by atoms with E-state index in [0.29, 0.717) is 22.7 Å². The summed E-state index contributed by atoms with van der Waals surface area (Å²) in [5.74, 6) is 2.10. The summed E-state index contributed by atoms with van der Waals surface area (Å²) >= 11 is 3.22. The Morgan fingerprint density at radius 1 is 1.27 bits per heavy atom. The molecule has 2 aromatic heterocycles. The maximum absolute atomic E-state index is 12.9. The maximum Gasteiger partial charge on any atom is 0.315 e. The minimum Gasteiger partial charge on any atom is -0.494 e. The number of furan rings is 1. The van der Waals surface area contributed by atoms with Gasteiger partial charge in [-0.3, -0.25) is 4.79 Å². The van der Waals surface area contributed by atoms with Gasteiger partial charge in [0.2, 0.25) is 0 Å². The van der Waals surface area contributed by atoms with Crippen molar-refractivity contribution in [3.63, 3.8) is 0 Å². The van der Waals surface area contributed by atoms with Gasteiger partial charge in [-0.15, -0.1) is 0 Å². The van der Waals surface area contributed by atoms with Crippen LogP contribution in [0.15, 0.2) is 51.9 Å². The fourth-order valence-corrected chi connectivity index (χ4v) is 4.69. The SMILES string of the molecule is CCOc1ccc2c(c1)sc(=NC(=O)c1cc3cccc(OC)c3o1)n2CCSC. The molecule has 1 amide bonds. The first-order valence-corrected chi connectivity index (χ1v) is 11.8. The Balaban J connectivity index is 1.79. The Kier molecular flexibility index (Phi) is 6.15. The van der Waals surface area contributed by atoms with E-state index in [9.17, 15) is 4.79 Å². The van der Waals surface area contributed by atoms with Gasteiger partial charge >= 0.3 is 5.91 Å². The van der Waals surface area contributed by atoms with E-state index in [0.717, 1.165) is 33.6 Å². The van der Waals surface area contributed by atoms with Gasteiger partial charge in [-0.05, 0) is 43.5 Å². The van der Waals surface area contributed by atoms with Crippen LogP contribution in [0.4, 0.5) is 0 Å². The van der Waals surface area contributed by atoms with E-state index in [1.807, 2.05) is 37.3 Å². The van der Waals surface area contributed by atoms with Crippen LogP contribution in [-0.4, -0.2) is 36.2 Å². The molecule has 0 aliphatic rings. The van der Waals surface area contributed by atoms with Crippen molar-refractivity contribution in [2.45, 2.75) is 13.5 Å². The lowest BCUT2D eigenvalue weighted by Gasteiger charge is -2.05. The number of nitrogens with zero attached hydrogens (tertiary/aromatic N) is 2. The summed E-state index contributed by atoms with van der Waals surface area (Å²) in [5.41, 5.74) is 1.59. The lowest BCUT2D eigenvalue weighted by molar-refractivity contribution is 0.0973. The van der Waals surface area contributed by atoms with Gasteiger partial charge in [0.25, 0.3) is 0 Å². The topological polar surface area (TPSA) is 66.0 Å². The Labute approximate surface area is 182 Å². The first-order valence-electron chi connectivity index (χ1n) is 9.55. The summed E-state index contributed by atoms with van der Waals surface area (Å²) in [7, 11) is 1.57. The molecule has 0 saturated heterocycles. The molecule has 156 valence electrons. The lowest BCUT2D eigenvalue weighted by Crippen LogP contribution is -2.18. The Morgan fingerprint density at radius 2 is 2.13 bits per heavy atom. The first-order chi connectivity index (χ1) is 14.6. The second-order valence-corrected chi connectivity index (χ2v) is 8.49. The highest BCUT2D eigenvalue weighted by Crippen LogP contribution is 2.29. The molecule has 0 saturated carbocycles. The molecule has 0 N–H and O–H groups in total. The number of carbonyl (C=O) groups excluding carboxylic acids is 1. The number of thiazole rings is 1. The monoisotopic (exact) mass is 442 g/mol. The van der Waals surface area contributed by atoms with Crippen molar-refractivity contribution in [3.05, 3.63) is 53.0 Å². The highest BCUT2D eigenvalue weighted by atomic mass is 32.2. The fraction of sp³-hybridized carbons (Fsp3) is 0.273. The molecule has 2 aromatic carbocycles. The predicted molar refractivity (Wildman–Crippen MR) is 122 cm³/mol. The number of hydrogen-bond acceptors (Lipinski definition) is 6. The number of methoxy groups -OCH3 is 1. The van der Waals surface area contributed by atoms with Crippen LogP contribution in [0.3, 0.4) is 0 Å². The fourth-order valence-electron chi connectivity index (χ4n) is 3.24. The minimum absolute atomic E-state index is 0.193. The standard InChI is InChI=1S/C22H22N2O4S2/c1-4-27-15-8-9-16-19(13-15)30-22(24(16)10-11-29-3)23-21(25)18-12-14-6-5-7-17(26-2)20(14)28-18/h5-9,12-13H,4,10-11H2,1-3H3. The number of ether oxygens (including phenoxy) is 2. The minimum atomic E-state index is -0.414. The van der Waals surface area contributed by atoms with Crippen molar-refractivity contribution in [2.75, 3.05) is 25.7 Å². The van der Waals surface area contributed by atoms with Crippen LogP contribution in [0.5, 0.6) is 11.5 Å². The first kappa shape index (κ1) is 20.6. The predicted octanol–water partition coefficient (Wildman–Crippen LogP) is 4.96. The van der Waals surface area contributed by atoms with Crippen molar-refractivity contribution in [2.24, 2.45) is 4.99 Å². The number of amides is 1. The molecular formula is C22H22N2O4S2. The summed E-state index contributed by atoms with van der Waals surface area (Å²) in [6, 6.07) is 13.2. The van der Waals surface area contributed by atoms with Crippen molar-refractivity contribution in [1.29, 1.82) is 0 Å². The van der Waals surface area contributed by atoms with Crippen LogP contribution in [0.25, 0.3) is 21.2 Å². The molecule has 0 unspecified atom stereocenters. The van der Waals surface area contributed by atoms with Gasteiger partial charge in [0.1, 0.15) is 5.75 Å². The van der Waals surface area contributed by atoms with Crippen molar-refractivity contribution in [3.8, 4) is 11.5 Å². The second kappa shape index (κ2) is 8.97. The van der Waals surface area contributed by atoms with Crippen LogP contribution in [0.2, 0.25) is 0 Å². The van der Waals surface area contributed by atoms with Gasteiger partial charge in [-0.25, -0.2) is 0 Å². The third-order valence-corrected chi connectivity index (χ3v) is 6.25. The number of thioether (sulfide) groups is 1. The molecule has 0 spiro atoms. The zero-order chi connectivity index (χ0) is 21.1. The number of carbonyl (C=O) groups is 1. The molecule has 4 aromatic rings. The van der Waals surface area contributed by atoms with E-state index >= 15 is 0 Å². The molecule has 6 nitrogen and oxygen atoms in total. The Hall–Kier alpha value is -2.71. The maximum atomic E-state index is 12.9. The zero-order valence-electron chi connectivity index (χ0n) is 17.0. The largest absolute Gasteiger partial charge is 0.494 e. The molecule has 0 fully saturated rings. The Bertz CT molecular complexity index is 1270. The average Bonchev–Trinajstić information content (AvgIpc) is 3.33. The quantitative estimate of drug-likeness (QED) is 0.405. The Morgan fingerprint density at radius 3 is 2.90 bits per heavy atom. The third-order valence-electron chi connectivity index (χ3n) is 4.62. The lowest BCUT2D eigenvalue weighted by atomic mass is 10.2. The van der Waals surface area contributed by atoms with Crippen molar-refractivity contribution < 1.29 is 18.7 Å². The van der Waals surface area contributed by atoms with E-state index in [-0.39, 0.29) is 5.76 Å². The number of fused-ring (bicyclic) bond motifs is 2. The van der Waals surface area contributed by atoms with Gasteiger partial charge < -0.3 is 18.5 Å². The molecular weight excluding hydrogens is 420 g/mol. The molecule has 8 heteroatoms. The summed E-state index contributed by atoms with van der Waals surface area (Å²) in [4.78, 5) is 18.0. The smallest absolute Gasteiger partial charge is 0.315 e. The molecule has 0 aliphatic carbocycles. The van der Waals surface area contributed by atoms with Crippen molar-refractivity contribution >= 4 is 50.2 Å². The van der Waals surface area contributed by atoms with Gasteiger partial charge in [-0.2, -0.15) is 16.8 Å². The van der Waals surface area contributed by atoms with E-state index in [2.05, 4.69) is 15.8 Å². The molecule has 0 radical (unpaired) electrons. The van der Waals surface area contributed by atoms with Gasteiger partial charge in [0.05, 0.1) is 23.9 Å². The number of aromatic nitrogens is 1. The van der Waals surface area contributed by atoms with Gasteiger partial charge in [-0.1, -0.05) is 23.5 Å². The van der Waals surface area contributed by atoms with E-state index in [1.165, 1.54) is 11.3 Å². The summed E-state index contributed by atoms with van der Waals surface area (Å²) in [6.45, 7) is 3.32. The van der Waals surface area contributed by atoms with E-state index < -0.39 is 5.91 Å². The molecule has 30 heavy (non-hydrogen) atoms. The van der Waals surface area contributed by atoms with Gasteiger partial charge in [0.15, 0.2) is 21.9 Å². The number of rotatable bonds is 7. The molecule has 0 atom stereocenters. The molecule has 0 aliphatic heterocycles.